The van der Waals surface area contributed by atoms with E-state index in [1.165, 1.54) is 0 Å². The molecule has 162 valence electrons. The molecule has 0 bridgehead atoms. The second-order valence-electron chi connectivity index (χ2n) is 7.60. The molecule has 32 heavy (non-hydrogen) atoms. The summed E-state index contributed by atoms with van der Waals surface area (Å²) >= 11 is 0.856. The number of amides is 3. The van der Waals surface area contributed by atoms with Crippen molar-refractivity contribution in [2.24, 2.45) is 0 Å². The number of carbonyl (C=O) groups excluding carboxylic acids is 3. The number of para-hydroxylation sites is 1. The van der Waals surface area contributed by atoms with Gasteiger partial charge in [0.2, 0.25) is 5.91 Å². The molecule has 4 rings (SSSR count). The quantitative estimate of drug-likeness (QED) is 0.422. The van der Waals surface area contributed by atoms with Gasteiger partial charge >= 0.3 is 0 Å². The number of imide groups is 1. The van der Waals surface area contributed by atoms with Crippen molar-refractivity contribution < 1.29 is 14.4 Å². The molecule has 0 saturated carbocycles. The number of aryl methyl sites for hydroxylation is 1. The molecule has 0 unspecified atom stereocenters. The van der Waals surface area contributed by atoms with Crippen molar-refractivity contribution in [2.75, 3.05) is 11.9 Å². The second kappa shape index (κ2) is 8.88. The van der Waals surface area contributed by atoms with E-state index in [0.29, 0.717) is 17.1 Å². The SMILES string of the molecule is C=CCn1c(C)c(/C=C2\SC(=O)N(CC(=O)Nc3ccc(C)cc3)C2=O)c2ccccc21. The van der Waals surface area contributed by atoms with Gasteiger partial charge in [-0.2, -0.15) is 0 Å². The summed E-state index contributed by atoms with van der Waals surface area (Å²) in [5.74, 6) is -0.879. The van der Waals surface area contributed by atoms with E-state index >= 15 is 0 Å². The maximum atomic E-state index is 12.9. The lowest BCUT2D eigenvalue weighted by molar-refractivity contribution is -0.127. The smallest absolute Gasteiger partial charge is 0.294 e. The molecule has 0 spiro atoms. The van der Waals surface area contributed by atoms with Crippen LogP contribution in [0.4, 0.5) is 10.5 Å². The monoisotopic (exact) mass is 445 g/mol. The first-order chi connectivity index (χ1) is 15.4. The molecule has 0 atom stereocenters. The lowest BCUT2D eigenvalue weighted by atomic mass is 10.1. The second-order valence-corrected chi connectivity index (χ2v) is 8.59. The van der Waals surface area contributed by atoms with Gasteiger partial charge in [-0.05, 0) is 49.9 Å². The molecule has 7 heteroatoms. The number of rotatable bonds is 6. The maximum Gasteiger partial charge on any atom is 0.294 e. The molecule has 1 aliphatic rings. The largest absolute Gasteiger partial charge is 0.340 e. The molecule has 3 aromatic rings. The van der Waals surface area contributed by atoms with Crippen molar-refractivity contribution >= 4 is 51.5 Å². The van der Waals surface area contributed by atoms with Crippen LogP contribution in [0.25, 0.3) is 17.0 Å². The minimum Gasteiger partial charge on any atom is -0.340 e. The predicted octanol–water partition coefficient (Wildman–Crippen LogP) is 5.12. The summed E-state index contributed by atoms with van der Waals surface area (Å²) in [5.41, 5.74) is 4.59. The zero-order chi connectivity index (χ0) is 22.8. The fourth-order valence-electron chi connectivity index (χ4n) is 3.75. The van der Waals surface area contributed by atoms with Crippen LogP contribution in [0.5, 0.6) is 0 Å². The Hall–Kier alpha value is -3.58. The summed E-state index contributed by atoms with van der Waals surface area (Å²) in [5, 5.41) is 3.27. The molecule has 3 amide bonds. The number of aromatic nitrogens is 1. The standard InChI is InChI=1S/C25H23N3O3S/c1-4-13-27-17(3)20(19-7-5-6-8-21(19)27)14-22-24(30)28(25(31)32-22)15-23(29)26-18-11-9-16(2)10-12-18/h4-12,14H,1,13,15H2,2-3H3,(H,26,29)/b22-14-. The molecule has 0 radical (unpaired) electrons. The number of hydrogen-bond acceptors (Lipinski definition) is 4. The van der Waals surface area contributed by atoms with Crippen molar-refractivity contribution in [1.29, 1.82) is 0 Å². The number of benzene rings is 2. The van der Waals surface area contributed by atoms with E-state index in [0.717, 1.165) is 44.4 Å². The number of thioether (sulfide) groups is 1. The first-order valence-corrected chi connectivity index (χ1v) is 11.0. The molecular formula is C25H23N3O3S. The lowest BCUT2D eigenvalue weighted by Crippen LogP contribution is -2.36. The Bertz CT molecular complexity index is 1270. The van der Waals surface area contributed by atoms with Gasteiger partial charge in [-0.25, -0.2) is 0 Å². The van der Waals surface area contributed by atoms with Gasteiger partial charge < -0.3 is 9.88 Å². The van der Waals surface area contributed by atoms with Gasteiger partial charge in [-0.3, -0.25) is 19.3 Å². The number of allylic oxidation sites excluding steroid dienone is 1. The normalized spacial score (nSPS) is 15.1. The molecule has 1 aliphatic heterocycles. The topological polar surface area (TPSA) is 71.4 Å². The van der Waals surface area contributed by atoms with Crippen LogP contribution in [0.1, 0.15) is 16.8 Å². The van der Waals surface area contributed by atoms with Gasteiger partial charge in [0.25, 0.3) is 11.1 Å². The molecule has 1 N–H and O–H groups in total. The number of fused-ring (bicyclic) bond motifs is 1. The molecular weight excluding hydrogens is 422 g/mol. The summed E-state index contributed by atoms with van der Waals surface area (Å²) in [6.45, 7) is 8.07. The van der Waals surface area contributed by atoms with Crippen LogP contribution in [0, 0.1) is 13.8 Å². The molecule has 0 aliphatic carbocycles. The molecule has 1 fully saturated rings. The third-order valence-corrected chi connectivity index (χ3v) is 6.28. The summed E-state index contributed by atoms with van der Waals surface area (Å²) in [4.78, 5) is 39.2. The average molecular weight is 446 g/mol. The van der Waals surface area contributed by atoms with Crippen LogP contribution in [-0.2, 0) is 16.1 Å². The van der Waals surface area contributed by atoms with Crippen LogP contribution in [-0.4, -0.2) is 33.1 Å². The van der Waals surface area contributed by atoms with Crippen LogP contribution in [0.2, 0.25) is 0 Å². The third kappa shape index (κ3) is 4.11. The van der Waals surface area contributed by atoms with Gasteiger partial charge in [0.1, 0.15) is 6.54 Å². The zero-order valence-corrected chi connectivity index (χ0v) is 18.7. The highest BCUT2D eigenvalue weighted by Crippen LogP contribution is 2.35. The van der Waals surface area contributed by atoms with Crippen molar-refractivity contribution in [3.8, 4) is 0 Å². The van der Waals surface area contributed by atoms with E-state index in [-0.39, 0.29) is 6.54 Å². The van der Waals surface area contributed by atoms with E-state index in [1.54, 1.807) is 18.2 Å². The van der Waals surface area contributed by atoms with Gasteiger partial charge in [0, 0.05) is 34.4 Å². The minimum absolute atomic E-state index is 0.308. The first-order valence-electron chi connectivity index (χ1n) is 10.2. The highest BCUT2D eigenvalue weighted by Gasteiger charge is 2.36. The van der Waals surface area contributed by atoms with Crippen LogP contribution >= 0.6 is 11.8 Å². The van der Waals surface area contributed by atoms with E-state index in [1.807, 2.05) is 56.3 Å². The molecule has 1 aromatic heterocycles. The predicted molar refractivity (Wildman–Crippen MR) is 129 cm³/mol. The minimum atomic E-state index is -0.459. The summed E-state index contributed by atoms with van der Waals surface area (Å²) in [6.07, 6.45) is 3.57. The number of anilines is 1. The number of carbonyl (C=O) groups is 3. The van der Waals surface area contributed by atoms with Gasteiger partial charge in [-0.15, -0.1) is 6.58 Å². The lowest BCUT2D eigenvalue weighted by Gasteiger charge is -2.12. The molecule has 1 saturated heterocycles. The van der Waals surface area contributed by atoms with E-state index in [9.17, 15) is 14.4 Å². The Morgan fingerprint density at radius 3 is 2.53 bits per heavy atom. The zero-order valence-electron chi connectivity index (χ0n) is 17.9. The third-order valence-electron chi connectivity index (χ3n) is 5.38. The Morgan fingerprint density at radius 1 is 1.09 bits per heavy atom. The fraction of sp³-hybridized carbons (Fsp3) is 0.160. The fourth-order valence-corrected chi connectivity index (χ4v) is 4.57. The Morgan fingerprint density at radius 2 is 1.81 bits per heavy atom. The number of nitrogens with zero attached hydrogens (tertiary/aromatic N) is 2. The Labute approximate surface area is 190 Å². The first kappa shape index (κ1) is 21.6. The van der Waals surface area contributed by atoms with Gasteiger partial charge in [0.05, 0.1) is 4.91 Å². The Kier molecular flexibility index (Phi) is 6.01. The van der Waals surface area contributed by atoms with E-state index < -0.39 is 17.1 Å². The molecule has 6 nitrogen and oxygen atoms in total. The van der Waals surface area contributed by atoms with E-state index in [2.05, 4.69) is 16.5 Å². The summed E-state index contributed by atoms with van der Waals surface area (Å²) in [6, 6.07) is 15.2. The van der Waals surface area contributed by atoms with Gasteiger partial charge in [-0.1, -0.05) is 42.0 Å². The van der Waals surface area contributed by atoms with Crippen molar-refractivity contribution in [1.82, 2.24) is 9.47 Å². The number of hydrogen-bond donors (Lipinski definition) is 1. The molecule has 2 heterocycles. The van der Waals surface area contributed by atoms with Crippen molar-refractivity contribution in [3.63, 3.8) is 0 Å². The van der Waals surface area contributed by atoms with Gasteiger partial charge in [0.15, 0.2) is 0 Å². The van der Waals surface area contributed by atoms with Crippen molar-refractivity contribution in [2.45, 2.75) is 20.4 Å². The molecule has 2 aromatic carbocycles. The highest BCUT2D eigenvalue weighted by molar-refractivity contribution is 8.18. The van der Waals surface area contributed by atoms with Crippen LogP contribution < -0.4 is 5.32 Å². The Balaban J connectivity index is 1.58. The summed E-state index contributed by atoms with van der Waals surface area (Å²) < 4.78 is 2.12. The van der Waals surface area contributed by atoms with Crippen LogP contribution in [0.3, 0.4) is 0 Å². The van der Waals surface area contributed by atoms with E-state index in [4.69, 9.17) is 0 Å². The van der Waals surface area contributed by atoms with Crippen molar-refractivity contribution in [3.05, 3.63) is 82.9 Å². The maximum absolute atomic E-state index is 12.9. The summed E-state index contributed by atoms with van der Waals surface area (Å²) in [7, 11) is 0. The van der Waals surface area contributed by atoms with Crippen LogP contribution in [0.15, 0.2) is 66.1 Å². The number of nitrogens with one attached hydrogen (secondary N) is 1. The average Bonchev–Trinajstić information content (AvgIpc) is 3.19. The highest BCUT2D eigenvalue weighted by atomic mass is 32.2.